The number of aromatic nitrogens is 1. The van der Waals surface area contributed by atoms with Crippen LogP contribution in [0.3, 0.4) is 0 Å². The molecule has 0 saturated heterocycles. The number of halogens is 3. The molecule has 2 aliphatic rings. The zero-order chi connectivity index (χ0) is 19.1. The van der Waals surface area contributed by atoms with Gasteiger partial charge in [-0.15, -0.1) is 0 Å². The summed E-state index contributed by atoms with van der Waals surface area (Å²) < 4.78 is 51.3. The van der Waals surface area contributed by atoms with Gasteiger partial charge in [0.15, 0.2) is 0 Å². The molecule has 1 aromatic heterocycles. The molecule has 0 radical (unpaired) electrons. The number of carbonyl (C=O) groups is 1. The number of ether oxygens (including phenoxy) is 2. The first kappa shape index (κ1) is 17.6. The number of nitrogens with zero attached hydrogens (tertiary/aromatic N) is 1. The number of nitrogens with one attached hydrogen (secondary N) is 1. The zero-order valence-electron chi connectivity index (χ0n) is 14.4. The van der Waals surface area contributed by atoms with E-state index >= 15 is 0 Å². The predicted octanol–water partition coefficient (Wildman–Crippen LogP) is 3.22. The van der Waals surface area contributed by atoms with Crippen LogP contribution >= 0.6 is 0 Å². The summed E-state index contributed by atoms with van der Waals surface area (Å²) in [4.78, 5) is 16.5. The average molecular weight is 378 g/mol. The first-order valence-electron chi connectivity index (χ1n) is 8.63. The van der Waals surface area contributed by atoms with Crippen LogP contribution in [0.1, 0.15) is 30.0 Å². The summed E-state index contributed by atoms with van der Waals surface area (Å²) in [5.41, 5.74) is 0.788. The number of hydrogen-bond donors (Lipinski definition) is 1. The smallest absolute Gasteiger partial charge is 0.262 e. The Labute approximate surface area is 153 Å². The first-order valence-corrected chi connectivity index (χ1v) is 8.63. The summed E-state index contributed by atoms with van der Waals surface area (Å²) in [5, 5.41) is 2.38. The van der Waals surface area contributed by atoms with E-state index in [1.165, 1.54) is 36.5 Å². The second-order valence-corrected chi connectivity index (χ2v) is 6.50. The van der Waals surface area contributed by atoms with E-state index < -0.39 is 36.2 Å². The Balaban J connectivity index is 1.46. The third-order valence-corrected chi connectivity index (χ3v) is 4.81. The fourth-order valence-corrected chi connectivity index (χ4v) is 3.50. The highest BCUT2D eigenvalue weighted by Crippen LogP contribution is 2.58. The molecule has 1 aliphatic carbocycles. The fraction of sp³-hybridized carbons (Fsp3) is 0.368. The van der Waals surface area contributed by atoms with Gasteiger partial charge in [0.05, 0.1) is 12.5 Å². The lowest BCUT2D eigenvalue weighted by Crippen LogP contribution is -2.35. The molecule has 1 N–H and O–H groups in total. The third-order valence-electron chi connectivity index (χ3n) is 4.81. The van der Waals surface area contributed by atoms with Gasteiger partial charge >= 0.3 is 0 Å². The number of pyridine rings is 1. The van der Waals surface area contributed by atoms with Gasteiger partial charge in [-0.05, 0) is 36.8 Å². The second kappa shape index (κ2) is 6.75. The van der Waals surface area contributed by atoms with Gasteiger partial charge in [0, 0.05) is 23.7 Å². The molecule has 27 heavy (non-hydrogen) atoms. The molecule has 1 amide bonds. The maximum Gasteiger partial charge on any atom is 0.262 e. The number of amides is 1. The summed E-state index contributed by atoms with van der Waals surface area (Å²) >= 11 is 0. The number of fused-ring (bicyclic) bond motifs is 3. The van der Waals surface area contributed by atoms with Crippen molar-refractivity contribution in [2.75, 3.05) is 6.61 Å². The maximum absolute atomic E-state index is 13.5. The van der Waals surface area contributed by atoms with Gasteiger partial charge in [-0.2, -0.15) is 0 Å². The number of rotatable bonds is 6. The van der Waals surface area contributed by atoms with Gasteiger partial charge in [0.2, 0.25) is 11.8 Å². The molecule has 8 heteroatoms. The molecule has 1 aliphatic heterocycles. The fourth-order valence-electron chi connectivity index (χ4n) is 3.50. The lowest BCUT2D eigenvalue weighted by molar-refractivity contribution is -0.125. The standard InChI is InChI=1S/C19H17F3N2O3/c1-2-26-13-6-3-9(8-23-13)16(18(21)22)24-19(25)15-14-11-7-10(20)4-5-12(11)27-17(14)15/h3-8,14-18H,2H2,1H3,(H,24,25)/t14?,15?,16-,17?/m0/s1. The number of alkyl halides is 2. The van der Waals surface area contributed by atoms with Gasteiger partial charge in [0.1, 0.15) is 23.7 Å². The quantitative estimate of drug-likeness (QED) is 0.839. The van der Waals surface area contributed by atoms with Crippen molar-refractivity contribution < 1.29 is 27.4 Å². The van der Waals surface area contributed by atoms with Crippen LogP contribution in [0.5, 0.6) is 11.6 Å². The minimum absolute atomic E-state index is 0.181. The molecule has 1 fully saturated rings. The van der Waals surface area contributed by atoms with Crippen molar-refractivity contribution in [3.63, 3.8) is 0 Å². The number of benzene rings is 1. The van der Waals surface area contributed by atoms with E-state index in [1.807, 2.05) is 0 Å². The lowest BCUT2D eigenvalue weighted by Gasteiger charge is -2.19. The predicted molar refractivity (Wildman–Crippen MR) is 89.3 cm³/mol. The molecule has 3 unspecified atom stereocenters. The largest absolute Gasteiger partial charge is 0.489 e. The summed E-state index contributed by atoms with van der Waals surface area (Å²) in [7, 11) is 0. The van der Waals surface area contributed by atoms with Gasteiger partial charge in [-0.1, -0.05) is 0 Å². The van der Waals surface area contributed by atoms with Crippen molar-refractivity contribution >= 4 is 5.91 Å². The molecule has 1 aromatic carbocycles. The molecule has 2 heterocycles. The van der Waals surface area contributed by atoms with Gasteiger partial charge in [-0.25, -0.2) is 18.2 Å². The summed E-state index contributed by atoms with van der Waals surface area (Å²) in [6.45, 7) is 2.20. The second-order valence-electron chi connectivity index (χ2n) is 6.50. The summed E-state index contributed by atoms with van der Waals surface area (Å²) in [6.07, 6.45) is -1.98. The van der Waals surface area contributed by atoms with Crippen LogP contribution < -0.4 is 14.8 Å². The van der Waals surface area contributed by atoms with Crippen LogP contribution in [0.2, 0.25) is 0 Å². The van der Waals surface area contributed by atoms with Crippen molar-refractivity contribution in [3.05, 3.63) is 53.5 Å². The molecular formula is C19H17F3N2O3. The van der Waals surface area contributed by atoms with Crippen molar-refractivity contribution in [1.29, 1.82) is 0 Å². The monoisotopic (exact) mass is 378 g/mol. The Kier molecular flexibility index (Phi) is 4.41. The average Bonchev–Trinajstić information content (AvgIpc) is 3.24. The molecule has 2 aromatic rings. The van der Waals surface area contributed by atoms with Crippen LogP contribution in [0, 0.1) is 11.7 Å². The SMILES string of the molecule is CCOc1ccc([C@H](NC(=O)C2C3Oc4ccc(F)cc4C32)C(F)F)cn1. The van der Waals surface area contributed by atoms with E-state index in [0.29, 0.717) is 23.8 Å². The van der Waals surface area contributed by atoms with Crippen molar-refractivity contribution in [2.45, 2.75) is 31.4 Å². The van der Waals surface area contributed by atoms with Gasteiger partial charge < -0.3 is 14.8 Å². The normalized spacial score (nSPS) is 23.2. The van der Waals surface area contributed by atoms with Crippen LogP contribution in [-0.2, 0) is 4.79 Å². The van der Waals surface area contributed by atoms with Gasteiger partial charge in [-0.3, -0.25) is 4.79 Å². The minimum Gasteiger partial charge on any atom is -0.489 e. The Hall–Kier alpha value is -2.77. The van der Waals surface area contributed by atoms with Crippen molar-refractivity contribution in [1.82, 2.24) is 10.3 Å². The van der Waals surface area contributed by atoms with Gasteiger partial charge in [0.25, 0.3) is 6.43 Å². The van der Waals surface area contributed by atoms with E-state index in [0.717, 1.165) is 0 Å². The lowest BCUT2D eigenvalue weighted by atomic mass is 10.1. The molecule has 0 bridgehead atoms. The Morgan fingerprint density at radius 2 is 2.15 bits per heavy atom. The Morgan fingerprint density at radius 1 is 1.33 bits per heavy atom. The molecule has 1 saturated carbocycles. The Morgan fingerprint density at radius 3 is 2.81 bits per heavy atom. The van der Waals surface area contributed by atoms with E-state index in [9.17, 15) is 18.0 Å². The molecule has 0 spiro atoms. The zero-order valence-corrected chi connectivity index (χ0v) is 14.4. The first-order chi connectivity index (χ1) is 13.0. The highest BCUT2D eigenvalue weighted by atomic mass is 19.3. The van der Waals surface area contributed by atoms with E-state index in [-0.39, 0.29) is 11.5 Å². The van der Waals surface area contributed by atoms with Crippen LogP contribution in [0.25, 0.3) is 0 Å². The molecular weight excluding hydrogens is 361 g/mol. The highest BCUT2D eigenvalue weighted by Gasteiger charge is 2.62. The van der Waals surface area contributed by atoms with Crippen LogP contribution in [-0.4, -0.2) is 30.0 Å². The third kappa shape index (κ3) is 3.20. The number of hydrogen-bond acceptors (Lipinski definition) is 4. The number of carbonyl (C=O) groups excluding carboxylic acids is 1. The highest BCUT2D eigenvalue weighted by molar-refractivity contribution is 5.86. The van der Waals surface area contributed by atoms with E-state index in [1.54, 1.807) is 6.92 Å². The van der Waals surface area contributed by atoms with E-state index in [4.69, 9.17) is 9.47 Å². The minimum atomic E-state index is -2.81. The summed E-state index contributed by atoms with van der Waals surface area (Å²) in [5.74, 6) is -1.00. The van der Waals surface area contributed by atoms with Crippen molar-refractivity contribution in [2.24, 2.45) is 5.92 Å². The molecule has 4 atom stereocenters. The molecule has 5 nitrogen and oxygen atoms in total. The maximum atomic E-state index is 13.5. The molecule has 142 valence electrons. The Bertz CT molecular complexity index is 860. The van der Waals surface area contributed by atoms with Crippen molar-refractivity contribution in [3.8, 4) is 11.6 Å². The van der Waals surface area contributed by atoms with Crippen LogP contribution in [0.4, 0.5) is 13.2 Å². The topological polar surface area (TPSA) is 60.5 Å². The molecule has 4 rings (SSSR count). The summed E-state index contributed by atoms with van der Waals surface area (Å²) in [6, 6.07) is 5.56. The van der Waals surface area contributed by atoms with E-state index in [2.05, 4.69) is 10.3 Å². The van der Waals surface area contributed by atoms with Crippen LogP contribution in [0.15, 0.2) is 36.5 Å².